The van der Waals surface area contributed by atoms with Gasteiger partial charge in [0.1, 0.15) is 18.2 Å². The summed E-state index contributed by atoms with van der Waals surface area (Å²) < 4.78 is 48.1. The molecule has 1 amide bonds. The van der Waals surface area contributed by atoms with Crippen LogP contribution in [-0.4, -0.2) is 45.9 Å². The monoisotopic (exact) mass is 521 g/mol. The molecule has 9 heteroatoms. The summed E-state index contributed by atoms with van der Waals surface area (Å²) in [5, 5.41) is 4.91. The van der Waals surface area contributed by atoms with Crippen LogP contribution in [0.15, 0.2) is 91.0 Å². The number of benzene rings is 4. The van der Waals surface area contributed by atoms with E-state index in [-0.39, 0.29) is 18.1 Å². The summed E-state index contributed by atoms with van der Waals surface area (Å²) in [7, 11) is -1.18. The van der Waals surface area contributed by atoms with E-state index in [4.69, 9.17) is 4.74 Å². The van der Waals surface area contributed by atoms with Crippen molar-refractivity contribution in [3.05, 3.63) is 108 Å². The number of ether oxygens (including phenoxy) is 1. The number of nitrogens with zero attached hydrogens (tertiary/aromatic N) is 2. The van der Waals surface area contributed by atoms with Crippen LogP contribution in [0, 0.1) is 5.82 Å². The van der Waals surface area contributed by atoms with E-state index in [1.807, 2.05) is 42.5 Å². The van der Waals surface area contributed by atoms with Crippen molar-refractivity contribution in [3.63, 3.8) is 0 Å². The van der Waals surface area contributed by atoms with Gasteiger partial charge < -0.3 is 10.1 Å². The lowest BCUT2D eigenvalue weighted by Crippen LogP contribution is -2.40. The Hall–Kier alpha value is -3.95. The number of hydrogen-bond acceptors (Lipinski definition) is 4. The highest BCUT2D eigenvalue weighted by molar-refractivity contribution is 7.90. The number of amides is 1. The molecule has 0 aliphatic carbocycles. The average molecular weight is 522 g/mol. The standard InChI is InChI=1S/C28H28FN3O4S/c1-31(2)37(34,35)32(26-12-6-5-11-25(26)29)20-21-14-16-23(17-15-21)28(33)30-18-19-36-27-13-7-9-22-8-3-4-10-24(22)27/h3-17H,18-20H2,1-2H3,(H,30,33). The molecular formula is C28H28FN3O4S. The van der Waals surface area contributed by atoms with E-state index in [1.165, 1.54) is 32.3 Å². The van der Waals surface area contributed by atoms with Crippen molar-refractivity contribution in [3.8, 4) is 5.75 Å². The molecule has 192 valence electrons. The molecule has 0 bridgehead atoms. The molecule has 0 radical (unpaired) electrons. The summed E-state index contributed by atoms with van der Waals surface area (Å²) in [6, 6.07) is 26.0. The maximum atomic E-state index is 14.5. The van der Waals surface area contributed by atoms with Crippen LogP contribution in [0.4, 0.5) is 10.1 Å². The molecule has 4 rings (SSSR count). The van der Waals surface area contributed by atoms with E-state index >= 15 is 0 Å². The number of rotatable bonds is 10. The number of hydrogen-bond donors (Lipinski definition) is 1. The summed E-state index contributed by atoms with van der Waals surface area (Å²) in [6.45, 7) is 0.520. The fraction of sp³-hybridized carbons (Fsp3) is 0.179. The SMILES string of the molecule is CN(C)S(=O)(=O)N(Cc1ccc(C(=O)NCCOc2cccc3ccccc23)cc1)c1ccccc1F. The van der Waals surface area contributed by atoms with Crippen LogP contribution in [0.25, 0.3) is 10.8 Å². The van der Waals surface area contributed by atoms with E-state index in [9.17, 15) is 17.6 Å². The Bertz CT molecular complexity index is 1490. The lowest BCUT2D eigenvalue weighted by Gasteiger charge is -2.27. The van der Waals surface area contributed by atoms with Gasteiger partial charge in [0, 0.05) is 25.0 Å². The highest BCUT2D eigenvalue weighted by Crippen LogP contribution is 2.26. The van der Waals surface area contributed by atoms with Crippen molar-refractivity contribution in [2.24, 2.45) is 0 Å². The average Bonchev–Trinajstić information content (AvgIpc) is 2.90. The van der Waals surface area contributed by atoms with Gasteiger partial charge in [-0.05, 0) is 41.3 Å². The number of fused-ring (bicyclic) bond motifs is 1. The Balaban J connectivity index is 1.38. The predicted molar refractivity (Wildman–Crippen MR) is 143 cm³/mol. The number of halogens is 1. The minimum Gasteiger partial charge on any atom is -0.491 e. The fourth-order valence-electron chi connectivity index (χ4n) is 3.82. The lowest BCUT2D eigenvalue weighted by atomic mass is 10.1. The first-order valence-electron chi connectivity index (χ1n) is 11.7. The smallest absolute Gasteiger partial charge is 0.303 e. The molecule has 0 aliphatic rings. The van der Waals surface area contributed by atoms with Gasteiger partial charge >= 0.3 is 10.2 Å². The zero-order valence-corrected chi connectivity index (χ0v) is 21.4. The van der Waals surface area contributed by atoms with Crippen LogP contribution in [0.3, 0.4) is 0 Å². The molecule has 0 aromatic heterocycles. The van der Waals surface area contributed by atoms with Gasteiger partial charge in [0.05, 0.1) is 18.8 Å². The number of nitrogens with one attached hydrogen (secondary N) is 1. The van der Waals surface area contributed by atoms with E-state index in [2.05, 4.69) is 5.32 Å². The molecule has 0 spiro atoms. The first-order chi connectivity index (χ1) is 17.8. The summed E-state index contributed by atoms with van der Waals surface area (Å²) in [6.07, 6.45) is 0. The van der Waals surface area contributed by atoms with Crippen molar-refractivity contribution in [1.29, 1.82) is 0 Å². The molecule has 37 heavy (non-hydrogen) atoms. The van der Waals surface area contributed by atoms with Crippen LogP contribution in [0.5, 0.6) is 5.75 Å². The molecule has 0 unspecified atom stereocenters. The number of anilines is 1. The molecule has 0 saturated carbocycles. The van der Waals surface area contributed by atoms with Crippen molar-refractivity contribution >= 4 is 32.6 Å². The second-order valence-corrected chi connectivity index (χ2v) is 10.6. The van der Waals surface area contributed by atoms with Gasteiger partial charge in [-0.3, -0.25) is 9.10 Å². The van der Waals surface area contributed by atoms with Crippen LogP contribution >= 0.6 is 0 Å². The second-order valence-electron chi connectivity index (χ2n) is 8.53. The maximum absolute atomic E-state index is 14.5. The largest absolute Gasteiger partial charge is 0.491 e. The molecule has 4 aromatic carbocycles. The Labute approximate surface area is 216 Å². The molecule has 4 aromatic rings. The van der Waals surface area contributed by atoms with Gasteiger partial charge in [-0.15, -0.1) is 0 Å². The topological polar surface area (TPSA) is 79.0 Å². The Kier molecular flexibility index (Phi) is 8.05. The first kappa shape index (κ1) is 26.1. The predicted octanol–water partition coefficient (Wildman–Crippen LogP) is 4.60. The van der Waals surface area contributed by atoms with E-state index in [1.54, 1.807) is 30.3 Å². The quantitative estimate of drug-likeness (QED) is 0.310. The molecule has 0 fully saturated rings. The summed E-state index contributed by atoms with van der Waals surface area (Å²) in [5.74, 6) is -0.168. The van der Waals surface area contributed by atoms with Crippen molar-refractivity contribution in [1.82, 2.24) is 9.62 Å². The molecule has 1 N–H and O–H groups in total. The Morgan fingerprint density at radius 3 is 2.30 bits per heavy atom. The lowest BCUT2D eigenvalue weighted by molar-refractivity contribution is 0.0947. The van der Waals surface area contributed by atoms with Gasteiger partial charge in [0.15, 0.2) is 0 Å². The summed E-state index contributed by atoms with van der Waals surface area (Å²) in [5.41, 5.74) is 0.968. The molecule has 0 aliphatic heterocycles. The maximum Gasteiger partial charge on any atom is 0.303 e. The van der Waals surface area contributed by atoms with Crippen LogP contribution in [-0.2, 0) is 16.8 Å². The number of para-hydroxylation sites is 1. The fourth-order valence-corrected chi connectivity index (χ4v) is 4.92. The van der Waals surface area contributed by atoms with Crippen molar-refractivity contribution in [2.75, 3.05) is 31.6 Å². The first-order valence-corrected chi connectivity index (χ1v) is 13.1. The second kappa shape index (κ2) is 11.4. The highest BCUT2D eigenvalue weighted by atomic mass is 32.2. The zero-order chi connectivity index (χ0) is 26.4. The van der Waals surface area contributed by atoms with E-state index in [0.29, 0.717) is 24.3 Å². The van der Waals surface area contributed by atoms with Crippen LogP contribution < -0.4 is 14.4 Å². The van der Waals surface area contributed by atoms with Gasteiger partial charge in [-0.25, -0.2) is 4.39 Å². The number of carbonyl (C=O) groups excluding carboxylic acids is 1. The van der Waals surface area contributed by atoms with Gasteiger partial charge in [0.2, 0.25) is 0 Å². The van der Waals surface area contributed by atoms with E-state index in [0.717, 1.165) is 25.1 Å². The third-order valence-corrected chi connectivity index (χ3v) is 7.60. The zero-order valence-electron chi connectivity index (χ0n) is 20.6. The summed E-state index contributed by atoms with van der Waals surface area (Å²) >= 11 is 0. The van der Waals surface area contributed by atoms with Gasteiger partial charge in [-0.2, -0.15) is 12.7 Å². The molecule has 0 atom stereocenters. The third-order valence-electron chi connectivity index (χ3n) is 5.80. The summed E-state index contributed by atoms with van der Waals surface area (Å²) in [4.78, 5) is 12.6. The highest BCUT2D eigenvalue weighted by Gasteiger charge is 2.27. The van der Waals surface area contributed by atoms with E-state index < -0.39 is 16.0 Å². The molecular weight excluding hydrogens is 493 g/mol. The number of carbonyl (C=O) groups is 1. The van der Waals surface area contributed by atoms with Crippen molar-refractivity contribution in [2.45, 2.75) is 6.54 Å². The Morgan fingerprint density at radius 2 is 1.57 bits per heavy atom. The van der Waals surface area contributed by atoms with Crippen molar-refractivity contribution < 1.29 is 22.3 Å². The Morgan fingerprint density at radius 1 is 0.892 bits per heavy atom. The minimum atomic E-state index is -3.96. The molecule has 7 nitrogen and oxygen atoms in total. The molecule has 0 heterocycles. The normalized spacial score (nSPS) is 11.5. The molecule has 0 saturated heterocycles. The van der Waals surface area contributed by atoms with Crippen LogP contribution in [0.1, 0.15) is 15.9 Å². The minimum absolute atomic E-state index is 0.0517. The van der Waals surface area contributed by atoms with Gasteiger partial charge in [0.25, 0.3) is 5.91 Å². The van der Waals surface area contributed by atoms with Crippen LogP contribution in [0.2, 0.25) is 0 Å². The third kappa shape index (κ3) is 6.07. The van der Waals surface area contributed by atoms with Gasteiger partial charge in [-0.1, -0.05) is 60.7 Å².